The third-order valence-corrected chi connectivity index (χ3v) is 8.44. The molecule has 1 aromatic carbocycles. The largest absolute Gasteiger partial charge is 0.389 e. The lowest BCUT2D eigenvalue weighted by Crippen LogP contribution is -2.47. The fraction of sp³-hybridized carbons (Fsp3) is 0.467. The first-order valence-corrected chi connectivity index (χ1v) is 14.2. The van der Waals surface area contributed by atoms with Crippen LogP contribution in [-0.2, 0) is 11.2 Å². The van der Waals surface area contributed by atoms with Gasteiger partial charge < -0.3 is 9.38 Å². The van der Waals surface area contributed by atoms with E-state index in [1.807, 2.05) is 53.6 Å². The van der Waals surface area contributed by atoms with Crippen LogP contribution in [0.4, 0.5) is 13.2 Å². The van der Waals surface area contributed by atoms with Crippen molar-refractivity contribution in [3.05, 3.63) is 71.2 Å². The highest BCUT2D eigenvalue weighted by molar-refractivity contribution is 5.94. The number of fused-ring (bicyclic) bond motifs is 1. The lowest BCUT2D eigenvalue weighted by atomic mass is 10.00. The van der Waals surface area contributed by atoms with Gasteiger partial charge in [0.25, 0.3) is 5.91 Å². The quantitative estimate of drug-likeness (QED) is 0.374. The van der Waals surface area contributed by atoms with Gasteiger partial charge >= 0.3 is 6.18 Å². The molecule has 4 heterocycles. The number of rotatable bonds is 8. The Morgan fingerprint density at radius 2 is 1.78 bits per heavy atom. The maximum absolute atomic E-state index is 13.1. The zero-order chi connectivity index (χ0) is 29.2. The van der Waals surface area contributed by atoms with Gasteiger partial charge in [-0.2, -0.15) is 18.3 Å². The topological polar surface area (TPSA) is 70.8 Å². The first-order valence-electron chi connectivity index (χ1n) is 14.2. The molecule has 2 amide bonds. The van der Waals surface area contributed by atoms with Crippen LogP contribution in [0.1, 0.15) is 60.4 Å². The lowest BCUT2D eigenvalue weighted by Gasteiger charge is -2.31. The molecular weight excluding hydrogens is 533 g/mol. The van der Waals surface area contributed by atoms with E-state index in [2.05, 4.69) is 18.9 Å². The average molecular weight is 570 g/mol. The summed E-state index contributed by atoms with van der Waals surface area (Å²) in [6, 6.07) is 11.5. The summed E-state index contributed by atoms with van der Waals surface area (Å²) in [7, 11) is 0. The van der Waals surface area contributed by atoms with E-state index in [-0.39, 0.29) is 12.5 Å². The minimum absolute atomic E-state index is 0.0651. The van der Waals surface area contributed by atoms with Crippen molar-refractivity contribution < 1.29 is 27.2 Å². The monoisotopic (exact) mass is 569 g/mol. The molecular formula is C30H36F3N6O2+. The van der Waals surface area contributed by atoms with E-state index in [0.29, 0.717) is 36.4 Å². The highest BCUT2D eigenvalue weighted by atomic mass is 19.4. The van der Waals surface area contributed by atoms with Crippen LogP contribution < -0.4 is 0 Å². The summed E-state index contributed by atoms with van der Waals surface area (Å²) in [5.41, 5.74) is 4.26. The number of likely N-dealkylation sites (N-methyl/N-ethyl adjacent to an activating group) is 1. The lowest BCUT2D eigenvalue weighted by molar-refractivity contribution is -0.916. The number of halogens is 3. The number of carbonyl (C=O) groups is 2. The molecule has 2 aliphatic heterocycles. The predicted molar refractivity (Wildman–Crippen MR) is 149 cm³/mol. The second kappa shape index (κ2) is 11.6. The van der Waals surface area contributed by atoms with Crippen molar-refractivity contribution in [3.8, 4) is 0 Å². The second-order valence-corrected chi connectivity index (χ2v) is 10.9. The molecule has 0 radical (unpaired) electrons. The molecule has 2 aliphatic rings. The summed E-state index contributed by atoms with van der Waals surface area (Å²) in [5, 5.41) is 4.64. The summed E-state index contributed by atoms with van der Waals surface area (Å²) in [4.78, 5) is 33.5. The van der Waals surface area contributed by atoms with E-state index in [1.54, 1.807) is 4.52 Å². The fourth-order valence-corrected chi connectivity index (χ4v) is 5.70. The summed E-state index contributed by atoms with van der Waals surface area (Å²) in [5.74, 6) is 0.225. The predicted octanol–water partition coefficient (Wildman–Crippen LogP) is 4.55. The van der Waals surface area contributed by atoms with Crippen molar-refractivity contribution in [2.24, 2.45) is 0 Å². The van der Waals surface area contributed by atoms with E-state index >= 15 is 0 Å². The molecule has 0 atom stereocenters. The summed E-state index contributed by atoms with van der Waals surface area (Å²) < 4.78 is 40.2. The highest BCUT2D eigenvalue weighted by Crippen LogP contribution is 2.27. The van der Waals surface area contributed by atoms with Crippen LogP contribution in [0.2, 0.25) is 0 Å². The van der Waals surface area contributed by atoms with Crippen LogP contribution in [0.15, 0.2) is 48.7 Å². The number of carbonyl (C=O) groups excluding carboxylic acids is 2. The van der Waals surface area contributed by atoms with Gasteiger partial charge in [-0.15, -0.1) is 0 Å². The van der Waals surface area contributed by atoms with Gasteiger partial charge in [-0.25, -0.2) is 9.50 Å². The van der Waals surface area contributed by atoms with Crippen molar-refractivity contribution in [3.63, 3.8) is 0 Å². The minimum Gasteiger partial charge on any atom is -0.339 e. The van der Waals surface area contributed by atoms with Gasteiger partial charge in [-0.05, 0) is 55.7 Å². The van der Waals surface area contributed by atoms with Gasteiger partial charge in [0.1, 0.15) is 0 Å². The van der Waals surface area contributed by atoms with Gasteiger partial charge in [0.05, 0.1) is 32.6 Å². The van der Waals surface area contributed by atoms with Crippen molar-refractivity contribution in [2.45, 2.75) is 45.7 Å². The number of benzene rings is 1. The number of hydrogen-bond acceptors (Lipinski definition) is 4. The SMILES string of the molecule is CC[N+]1(CC)CCN(C(=O)c2ccc(Cc3nc4c(C5=CCN(C(=O)CCC(F)(F)F)CC5)cccn4n3)cc2)C1. The Hall–Kier alpha value is -3.73. The van der Waals surface area contributed by atoms with Crippen LogP contribution >= 0.6 is 0 Å². The third kappa shape index (κ3) is 6.45. The normalized spacial score (nSPS) is 17.2. The van der Waals surface area contributed by atoms with Crippen LogP contribution in [-0.4, -0.2) is 92.8 Å². The number of alkyl halides is 3. The first kappa shape index (κ1) is 28.8. The Kier molecular flexibility index (Phi) is 8.17. The van der Waals surface area contributed by atoms with Crippen molar-refractivity contribution in [1.82, 2.24) is 24.4 Å². The number of pyridine rings is 1. The number of aromatic nitrogens is 3. The highest BCUT2D eigenvalue weighted by Gasteiger charge is 2.36. The molecule has 0 saturated carbocycles. The smallest absolute Gasteiger partial charge is 0.339 e. The first-order chi connectivity index (χ1) is 19.6. The zero-order valence-electron chi connectivity index (χ0n) is 23.5. The van der Waals surface area contributed by atoms with Gasteiger partial charge in [-0.3, -0.25) is 14.5 Å². The third-order valence-electron chi connectivity index (χ3n) is 8.44. The number of hydrogen-bond donors (Lipinski definition) is 0. The maximum Gasteiger partial charge on any atom is 0.389 e. The molecule has 1 fully saturated rings. The van der Waals surface area contributed by atoms with Gasteiger partial charge in [-0.1, -0.05) is 18.2 Å². The summed E-state index contributed by atoms with van der Waals surface area (Å²) in [6.45, 7) is 9.56. The molecule has 0 aliphatic carbocycles. The van der Waals surface area contributed by atoms with E-state index in [4.69, 9.17) is 4.98 Å². The van der Waals surface area contributed by atoms with Crippen LogP contribution in [0.25, 0.3) is 11.2 Å². The molecule has 3 aromatic rings. The molecule has 0 spiro atoms. The summed E-state index contributed by atoms with van der Waals surface area (Å²) >= 11 is 0. The molecule has 5 rings (SSSR count). The molecule has 11 heteroatoms. The van der Waals surface area contributed by atoms with Crippen LogP contribution in [0, 0.1) is 0 Å². The molecule has 0 unspecified atom stereocenters. The standard InChI is InChI=1S/C30H36F3N6O2/c1-3-39(4-2)19-18-37(21-39)29(41)24-9-7-22(8-10-24)20-26-34-28-25(6-5-15-38(28)35-26)23-12-16-36(17-13-23)27(40)11-14-30(31,32)33/h5-10,12,15H,3-4,11,13-14,16-21H2,1-2H3/q+1. The Bertz CT molecular complexity index is 1440. The van der Waals surface area contributed by atoms with Crippen LogP contribution in [0.3, 0.4) is 0 Å². The van der Waals surface area contributed by atoms with Gasteiger partial charge in [0.15, 0.2) is 18.1 Å². The molecule has 8 nitrogen and oxygen atoms in total. The van der Waals surface area contributed by atoms with Crippen molar-refractivity contribution in [1.29, 1.82) is 0 Å². The number of amides is 2. The Morgan fingerprint density at radius 1 is 1.02 bits per heavy atom. The minimum atomic E-state index is -4.34. The van der Waals surface area contributed by atoms with E-state index in [1.165, 1.54) is 4.90 Å². The molecule has 41 heavy (non-hydrogen) atoms. The van der Waals surface area contributed by atoms with Gasteiger partial charge in [0, 0.05) is 43.3 Å². The Morgan fingerprint density at radius 3 is 2.41 bits per heavy atom. The zero-order valence-corrected chi connectivity index (χ0v) is 23.5. The van der Waals surface area contributed by atoms with E-state index in [0.717, 1.165) is 54.0 Å². The molecule has 0 bridgehead atoms. The van der Waals surface area contributed by atoms with Gasteiger partial charge in [0.2, 0.25) is 5.91 Å². The average Bonchev–Trinajstić information content (AvgIpc) is 3.60. The van der Waals surface area contributed by atoms with Crippen molar-refractivity contribution in [2.75, 3.05) is 45.9 Å². The van der Waals surface area contributed by atoms with E-state index in [9.17, 15) is 22.8 Å². The Labute approximate surface area is 237 Å². The Balaban J connectivity index is 1.24. The fourth-order valence-electron chi connectivity index (χ4n) is 5.70. The van der Waals surface area contributed by atoms with E-state index < -0.39 is 24.9 Å². The molecule has 2 aromatic heterocycles. The molecule has 0 N–H and O–H groups in total. The molecule has 218 valence electrons. The number of nitrogens with zero attached hydrogens (tertiary/aromatic N) is 6. The van der Waals surface area contributed by atoms with Crippen LogP contribution in [0.5, 0.6) is 0 Å². The number of quaternary nitrogens is 1. The summed E-state index contributed by atoms with van der Waals surface area (Å²) in [6.07, 6.45) is -1.21. The maximum atomic E-state index is 13.1. The second-order valence-electron chi connectivity index (χ2n) is 10.9. The molecule has 1 saturated heterocycles. The van der Waals surface area contributed by atoms with Crippen molar-refractivity contribution >= 4 is 23.0 Å².